The van der Waals surface area contributed by atoms with Crippen molar-refractivity contribution in [1.82, 2.24) is 0 Å². The maximum absolute atomic E-state index is 11.6. The van der Waals surface area contributed by atoms with Gasteiger partial charge in [-0.25, -0.2) is 0 Å². The second-order valence-corrected chi connectivity index (χ2v) is 5.84. The van der Waals surface area contributed by atoms with E-state index in [0.29, 0.717) is 23.0 Å². The van der Waals surface area contributed by atoms with Gasteiger partial charge < -0.3 is 10.1 Å². The zero-order chi connectivity index (χ0) is 15.1. The predicted molar refractivity (Wildman–Crippen MR) is 82.2 cm³/mol. The molecule has 0 heterocycles. The van der Waals surface area contributed by atoms with E-state index in [1.54, 1.807) is 24.3 Å². The van der Waals surface area contributed by atoms with Gasteiger partial charge in [-0.3, -0.25) is 9.59 Å². The molecule has 4 nitrogen and oxygen atoms in total. The molecule has 1 saturated carbocycles. The van der Waals surface area contributed by atoms with Crippen LogP contribution in [0.5, 0.6) is 0 Å². The summed E-state index contributed by atoms with van der Waals surface area (Å²) >= 11 is 5.76. The summed E-state index contributed by atoms with van der Waals surface area (Å²) in [6.07, 6.45) is 6.23. The Morgan fingerprint density at radius 1 is 1.19 bits per heavy atom. The second kappa shape index (κ2) is 8.03. The molecule has 0 unspecified atom stereocenters. The number of benzene rings is 1. The van der Waals surface area contributed by atoms with Crippen LogP contribution >= 0.6 is 11.6 Å². The molecule has 1 N–H and O–H groups in total. The third kappa shape index (κ3) is 5.76. The molecule has 2 rings (SSSR count). The normalized spacial score (nSPS) is 14.9. The van der Waals surface area contributed by atoms with Crippen LogP contribution in [0.4, 0.5) is 5.69 Å². The van der Waals surface area contributed by atoms with Crippen LogP contribution < -0.4 is 5.32 Å². The van der Waals surface area contributed by atoms with Gasteiger partial charge in [-0.2, -0.15) is 0 Å². The van der Waals surface area contributed by atoms with Crippen molar-refractivity contribution in [2.45, 2.75) is 38.5 Å². The van der Waals surface area contributed by atoms with Crippen LogP contribution in [0.15, 0.2) is 24.3 Å². The summed E-state index contributed by atoms with van der Waals surface area (Å²) in [5.41, 5.74) is 0.631. The molecule has 21 heavy (non-hydrogen) atoms. The molecule has 0 radical (unpaired) electrons. The Kier molecular flexibility index (Phi) is 6.05. The zero-order valence-corrected chi connectivity index (χ0v) is 12.7. The number of hydrogen-bond acceptors (Lipinski definition) is 3. The standard InChI is InChI=1S/C16H20ClNO3/c17-13-6-8-14(9-7-13)18-15(19)11-21-16(20)10-5-12-3-1-2-4-12/h6-9,12H,1-5,10-11H2,(H,18,19). The van der Waals surface area contributed by atoms with Crippen LogP contribution in [0, 0.1) is 5.92 Å². The number of halogens is 1. The first-order valence-electron chi connectivity index (χ1n) is 7.34. The number of esters is 1. The highest BCUT2D eigenvalue weighted by Gasteiger charge is 2.17. The van der Waals surface area contributed by atoms with Crippen molar-refractivity contribution >= 4 is 29.2 Å². The third-order valence-electron chi connectivity index (χ3n) is 3.72. The van der Waals surface area contributed by atoms with E-state index in [-0.39, 0.29) is 18.5 Å². The van der Waals surface area contributed by atoms with E-state index in [2.05, 4.69) is 5.32 Å². The first kappa shape index (κ1) is 15.8. The van der Waals surface area contributed by atoms with Gasteiger partial charge in [-0.15, -0.1) is 0 Å². The molecule has 0 saturated heterocycles. The second-order valence-electron chi connectivity index (χ2n) is 5.40. The molecule has 1 aliphatic carbocycles. The smallest absolute Gasteiger partial charge is 0.306 e. The number of anilines is 1. The Morgan fingerprint density at radius 3 is 2.52 bits per heavy atom. The molecular weight excluding hydrogens is 290 g/mol. The van der Waals surface area contributed by atoms with Crippen LogP contribution in [0.2, 0.25) is 5.02 Å². The summed E-state index contributed by atoms with van der Waals surface area (Å²) in [5, 5.41) is 3.25. The molecule has 0 aliphatic heterocycles. The minimum Gasteiger partial charge on any atom is -0.456 e. The van der Waals surface area contributed by atoms with E-state index >= 15 is 0 Å². The average Bonchev–Trinajstić information content (AvgIpc) is 2.99. The molecule has 1 amide bonds. The Morgan fingerprint density at radius 2 is 1.86 bits per heavy atom. The summed E-state index contributed by atoms with van der Waals surface area (Å²) in [5.74, 6) is 0.0140. The van der Waals surface area contributed by atoms with Crippen LogP contribution in [0.3, 0.4) is 0 Å². The first-order valence-corrected chi connectivity index (χ1v) is 7.72. The van der Waals surface area contributed by atoms with Gasteiger partial charge in [0.15, 0.2) is 6.61 Å². The van der Waals surface area contributed by atoms with E-state index < -0.39 is 0 Å². The van der Waals surface area contributed by atoms with Gasteiger partial charge in [-0.05, 0) is 36.6 Å². The fourth-order valence-electron chi connectivity index (χ4n) is 2.57. The Bertz CT molecular complexity index is 481. The topological polar surface area (TPSA) is 55.4 Å². The summed E-state index contributed by atoms with van der Waals surface area (Å²) in [6.45, 7) is -0.244. The van der Waals surface area contributed by atoms with Gasteiger partial charge in [-0.1, -0.05) is 37.3 Å². The largest absolute Gasteiger partial charge is 0.456 e. The van der Waals surface area contributed by atoms with Crippen molar-refractivity contribution < 1.29 is 14.3 Å². The van der Waals surface area contributed by atoms with Crippen LogP contribution in [-0.4, -0.2) is 18.5 Å². The third-order valence-corrected chi connectivity index (χ3v) is 3.98. The lowest BCUT2D eigenvalue weighted by Crippen LogP contribution is -2.21. The predicted octanol–water partition coefficient (Wildman–Crippen LogP) is 3.79. The van der Waals surface area contributed by atoms with Crippen molar-refractivity contribution in [2.24, 2.45) is 5.92 Å². The maximum Gasteiger partial charge on any atom is 0.306 e. The highest BCUT2D eigenvalue weighted by Crippen LogP contribution is 2.28. The number of carbonyl (C=O) groups excluding carboxylic acids is 2. The van der Waals surface area contributed by atoms with Gasteiger partial charge in [0.2, 0.25) is 0 Å². The lowest BCUT2D eigenvalue weighted by molar-refractivity contribution is -0.147. The number of amides is 1. The number of carbonyl (C=O) groups is 2. The number of ether oxygens (including phenoxy) is 1. The van der Waals surface area contributed by atoms with E-state index in [1.165, 1.54) is 25.7 Å². The van der Waals surface area contributed by atoms with E-state index in [9.17, 15) is 9.59 Å². The minimum atomic E-state index is -0.341. The van der Waals surface area contributed by atoms with Crippen LogP contribution in [0.25, 0.3) is 0 Å². The lowest BCUT2D eigenvalue weighted by atomic mass is 10.0. The van der Waals surface area contributed by atoms with Crippen molar-refractivity contribution in [1.29, 1.82) is 0 Å². The highest BCUT2D eigenvalue weighted by atomic mass is 35.5. The molecule has 0 atom stereocenters. The molecular formula is C16H20ClNO3. The van der Waals surface area contributed by atoms with Crippen molar-refractivity contribution in [3.8, 4) is 0 Å². The summed E-state index contributed by atoms with van der Waals surface area (Å²) in [4.78, 5) is 23.2. The van der Waals surface area contributed by atoms with Gasteiger partial charge >= 0.3 is 5.97 Å². The Labute approximate surface area is 129 Å². The summed E-state index contributed by atoms with van der Waals surface area (Å²) < 4.78 is 4.98. The molecule has 1 aromatic rings. The number of nitrogens with one attached hydrogen (secondary N) is 1. The maximum atomic E-state index is 11.6. The van der Waals surface area contributed by atoms with Crippen LogP contribution in [-0.2, 0) is 14.3 Å². The van der Waals surface area contributed by atoms with Gasteiger partial charge in [0.05, 0.1) is 0 Å². The fraction of sp³-hybridized carbons (Fsp3) is 0.500. The number of rotatable bonds is 6. The molecule has 5 heteroatoms. The van der Waals surface area contributed by atoms with Gasteiger partial charge in [0.25, 0.3) is 5.91 Å². The molecule has 0 bridgehead atoms. The Balaban J connectivity index is 1.63. The molecule has 0 aromatic heterocycles. The lowest BCUT2D eigenvalue weighted by Gasteiger charge is -2.09. The van der Waals surface area contributed by atoms with E-state index in [1.807, 2.05) is 0 Å². The molecule has 1 fully saturated rings. The quantitative estimate of drug-likeness (QED) is 0.813. The molecule has 1 aromatic carbocycles. The molecule has 0 spiro atoms. The van der Waals surface area contributed by atoms with Crippen LogP contribution in [0.1, 0.15) is 38.5 Å². The van der Waals surface area contributed by atoms with Crippen molar-refractivity contribution in [2.75, 3.05) is 11.9 Å². The fourth-order valence-corrected chi connectivity index (χ4v) is 2.70. The monoisotopic (exact) mass is 309 g/mol. The summed E-state index contributed by atoms with van der Waals surface area (Å²) in [6, 6.07) is 6.76. The zero-order valence-electron chi connectivity index (χ0n) is 11.9. The van der Waals surface area contributed by atoms with Crippen molar-refractivity contribution in [3.63, 3.8) is 0 Å². The Hall–Kier alpha value is -1.55. The molecule has 114 valence electrons. The van der Waals surface area contributed by atoms with Crippen molar-refractivity contribution in [3.05, 3.63) is 29.3 Å². The SMILES string of the molecule is O=C(COC(=O)CCC1CCCC1)Nc1ccc(Cl)cc1. The average molecular weight is 310 g/mol. The van der Waals surface area contributed by atoms with E-state index in [4.69, 9.17) is 16.3 Å². The first-order chi connectivity index (χ1) is 10.1. The highest BCUT2D eigenvalue weighted by molar-refractivity contribution is 6.30. The minimum absolute atomic E-state index is 0.244. The number of hydrogen-bond donors (Lipinski definition) is 1. The molecule has 1 aliphatic rings. The van der Waals surface area contributed by atoms with Gasteiger partial charge in [0.1, 0.15) is 0 Å². The van der Waals surface area contributed by atoms with E-state index in [0.717, 1.165) is 6.42 Å². The van der Waals surface area contributed by atoms with Gasteiger partial charge in [0, 0.05) is 17.1 Å². The summed E-state index contributed by atoms with van der Waals surface area (Å²) in [7, 11) is 0.